The Balaban J connectivity index is 1.95. The highest BCUT2D eigenvalue weighted by molar-refractivity contribution is 7.80. The summed E-state index contributed by atoms with van der Waals surface area (Å²) in [6.45, 7) is 2.20. The van der Waals surface area contributed by atoms with Gasteiger partial charge in [-0.2, -0.15) is 0 Å². The molecule has 2 amide bonds. The highest BCUT2D eigenvalue weighted by Crippen LogP contribution is 2.18. The third-order valence-corrected chi connectivity index (χ3v) is 3.57. The van der Waals surface area contributed by atoms with Crippen LogP contribution in [0, 0.1) is 0 Å². The number of nitrogens with one attached hydrogen (secondary N) is 3. The second-order valence-electron chi connectivity index (χ2n) is 5.50. The van der Waals surface area contributed by atoms with Gasteiger partial charge in [-0.3, -0.25) is 14.9 Å². The average molecular weight is 387 g/mol. The van der Waals surface area contributed by atoms with E-state index in [0.717, 1.165) is 0 Å². The van der Waals surface area contributed by atoms with E-state index in [1.54, 1.807) is 55.6 Å². The standard InChI is InChI=1S/C19H21N3O4S/c1-13(23)20-14-7-9-15(10-8-14)21-19(27)22-18(24)16-5-3-4-6-17(16)26-12-11-25-2/h3-10H,11-12H2,1-2H3,(H,20,23)(H2,21,22,24,27). The van der Waals surface area contributed by atoms with Crippen LogP contribution in [0.4, 0.5) is 11.4 Å². The maximum atomic E-state index is 12.5. The van der Waals surface area contributed by atoms with Crippen molar-refractivity contribution < 1.29 is 19.1 Å². The van der Waals surface area contributed by atoms with Crippen LogP contribution in [-0.2, 0) is 9.53 Å². The monoisotopic (exact) mass is 387 g/mol. The second-order valence-corrected chi connectivity index (χ2v) is 5.91. The molecule has 2 rings (SSSR count). The Hall–Kier alpha value is -2.97. The summed E-state index contributed by atoms with van der Waals surface area (Å²) in [5, 5.41) is 8.37. The number of methoxy groups -OCH3 is 1. The first-order valence-corrected chi connectivity index (χ1v) is 8.61. The molecular weight excluding hydrogens is 366 g/mol. The van der Waals surface area contributed by atoms with E-state index in [-0.39, 0.29) is 16.9 Å². The zero-order chi connectivity index (χ0) is 19.6. The molecule has 0 saturated carbocycles. The predicted octanol–water partition coefficient (Wildman–Crippen LogP) is 2.80. The Labute approximate surface area is 163 Å². The van der Waals surface area contributed by atoms with E-state index < -0.39 is 0 Å². The zero-order valence-electron chi connectivity index (χ0n) is 15.1. The van der Waals surface area contributed by atoms with Crippen LogP contribution in [0.5, 0.6) is 5.75 Å². The summed E-state index contributed by atoms with van der Waals surface area (Å²) >= 11 is 5.19. The van der Waals surface area contributed by atoms with Crippen molar-refractivity contribution in [1.29, 1.82) is 0 Å². The quantitative estimate of drug-likeness (QED) is 0.500. The first-order chi connectivity index (χ1) is 13.0. The molecule has 0 aliphatic carbocycles. The molecule has 0 aliphatic rings. The number of amides is 2. The Morgan fingerprint density at radius 2 is 1.59 bits per heavy atom. The van der Waals surface area contributed by atoms with Crippen LogP contribution < -0.4 is 20.7 Å². The van der Waals surface area contributed by atoms with Crippen LogP contribution in [0.1, 0.15) is 17.3 Å². The summed E-state index contributed by atoms with van der Waals surface area (Å²) in [4.78, 5) is 23.5. The molecule has 7 nitrogen and oxygen atoms in total. The minimum absolute atomic E-state index is 0.148. The van der Waals surface area contributed by atoms with E-state index in [1.807, 2.05) is 0 Å². The Kier molecular flexibility index (Phi) is 7.72. The van der Waals surface area contributed by atoms with Gasteiger partial charge in [-0.15, -0.1) is 0 Å². The lowest BCUT2D eigenvalue weighted by Gasteiger charge is -2.13. The van der Waals surface area contributed by atoms with Gasteiger partial charge in [0.05, 0.1) is 12.2 Å². The van der Waals surface area contributed by atoms with Crippen LogP contribution in [0.25, 0.3) is 0 Å². The van der Waals surface area contributed by atoms with Crippen molar-refractivity contribution in [3.8, 4) is 5.75 Å². The van der Waals surface area contributed by atoms with Gasteiger partial charge in [0.15, 0.2) is 5.11 Å². The number of thiocarbonyl (C=S) groups is 1. The van der Waals surface area contributed by atoms with Gasteiger partial charge >= 0.3 is 0 Å². The van der Waals surface area contributed by atoms with Gasteiger partial charge in [0, 0.05) is 25.4 Å². The summed E-state index contributed by atoms with van der Waals surface area (Å²) < 4.78 is 10.5. The molecule has 2 aromatic carbocycles. The second kappa shape index (κ2) is 10.2. The van der Waals surface area contributed by atoms with Crippen molar-refractivity contribution in [3.63, 3.8) is 0 Å². The SMILES string of the molecule is COCCOc1ccccc1C(=O)NC(=S)Nc1ccc(NC(C)=O)cc1. The van der Waals surface area contributed by atoms with Gasteiger partial charge in [0.1, 0.15) is 12.4 Å². The number of rotatable bonds is 7. The maximum Gasteiger partial charge on any atom is 0.261 e. The van der Waals surface area contributed by atoms with Crippen molar-refractivity contribution in [2.45, 2.75) is 6.92 Å². The molecule has 8 heteroatoms. The van der Waals surface area contributed by atoms with Crippen LogP contribution in [-0.4, -0.2) is 37.3 Å². The Morgan fingerprint density at radius 3 is 2.22 bits per heavy atom. The summed E-state index contributed by atoms with van der Waals surface area (Å²) in [6, 6.07) is 13.8. The first kappa shape index (κ1) is 20.3. The number of ether oxygens (including phenoxy) is 2. The Bertz CT molecular complexity index is 809. The zero-order valence-corrected chi connectivity index (χ0v) is 15.9. The highest BCUT2D eigenvalue weighted by atomic mass is 32.1. The summed E-state index contributed by atoms with van der Waals surface area (Å²) in [6.07, 6.45) is 0. The molecule has 27 heavy (non-hydrogen) atoms. The number of carbonyl (C=O) groups is 2. The molecular formula is C19H21N3O4S. The minimum atomic E-state index is -0.379. The van der Waals surface area contributed by atoms with Gasteiger partial charge in [-0.1, -0.05) is 12.1 Å². The van der Waals surface area contributed by atoms with E-state index in [4.69, 9.17) is 21.7 Å². The van der Waals surface area contributed by atoms with Crippen molar-refractivity contribution in [2.75, 3.05) is 31.0 Å². The molecule has 0 heterocycles. The van der Waals surface area contributed by atoms with E-state index >= 15 is 0 Å². The molecule has 142 valence electrons. The summed E-state index contributed by atoms with van der Waals surface area (Å²) in [5.74, 6) is -0.0743. The third kappa shape index (κ3) is 6.69. The van der Waals surface area contributed by atoms with Crippen LogP contribution >= 0.6 is 12.2 Å². The minimum Gasteiger partial charge on any atom is -0.490 e. The normalized spacial score (nSPS) is 10.0. The maximum absolute atomic E-state index is 12.5. The van der Waals surface area contributed by atoms with Crippen molar-refractivity contribution in [2.24, 2.45) is 0 Å². The van der Waals surface area contributed by atoms with E-state index in [1.165, 1.54) is 6.92 Å². The fourth-order valence-corrected chi connectivity index (χ4v) is 2.40. The lowest BCUT2D eigenvalue weighted by Crippen LogP contribution is -2.34. The molecule has 2 aromatic rings. The number of benzene rings is 2. The summed E-state index contributed by atoms with van der Waals surface area (Å²) in [7, 11) is 1.58. The molecule has 0 atom stereocenters. The molecule has 3 N–H and O–H groups in total. The van der Waals surface area contributed by atoms with Gasteiger partial charge in [0.2, 0.25) is 5.91 Å². The predicted molar refractivity (Wildman–Crippen MR) is 108 cm³/mol. The molecule has 0 aliphatic heterocycles. The lowest BCUT2D eigenvalue weighted by molar-refractivity contribution is -0.114. The lowest BCUT2D eigenvalue weighted by atomic mass is 10.2. The largest absolute Gasteiger partial charge is 0.490 e. The highest BCUT2D eigenvalue weighted by Gasteiger charge is 2.13. The summed E-state index contributed by atoms with van der Waals surface area (Å²) in [5.41, 5.74) is 1.72. The molecule has 0 bridgehead atoms. The van der Waals surface area contributed by atoms with E-state index in [0.29, 0.717) is 35.9 Å². The topological polar surface area (TPSA) is 88.7 Å². The molecule has 0 saturated heterocycles. The number of carbonyl (C=O) groups excluding carboxylic acids is 2. The van der Waals surface area contributed by atoms with E-state index in [9.17, 15) is 9.59 Å². The number of hydrogen-bond donors (Lipinski definition) is 3. The van der Waals surface area contributed by atoms with Crippen LogP contribution in [0.15, 0.2) is 48.5 Å². The average Bonchev–Trinajstić information content (AvgIpc) is 2.63. The van der Waals surface area contributed by atoms with Crippen molar-refractivity contribution >= 4 is 40.5 Å². The van der Waals surface area contributed by atoms with Gasteiger partial charge in [-0.05, 0) is 48.6 Å². The molecule has 0 aromatic heterocycles. The van der Waals surface area contributed by atoms with Gasteiger partial charge in [0.25, 0.3) is 5.91 Å². The number of para-hydroxylation sites is 1. The Morgan fingerprint density at radius 1 is 0.963 bits per heavy atom. The van der Waals surface area contributed by atoms with E-state index in [2.05, 4.69) is 16.0 Å². The fourth-order valence-electron chi connectivity index (χ4n) is 2.19. The smallest absolute Gasteiger partial charge is 0.261 e. The van der Waals surface area contributed by atoms with Crippen LogP contribution in [0.3, 0.4) is 0 Å². The molecule has 0 unspecified atom stereocenters. The van der Waals surface area contributed by atoms with Crippen LogP contribution in [0.2, 0.25) is 0 Å². The number of anilines is 2. The first-order valence-electron chi connectivity index (χ1n) is 8.20. The van der Waals surface area contributed by atoms with Gasteiger partial charge in [-0.25, -0.2) is 0 Å². The number of hydrogen-bond acceptors (Lipinski definition) is 5. The molecule has 0 spiro atoms. The third-order valence-electron chi connectivity index (χ3n) is 3.37. The molecule has 0 radical (unpaired) electrons. The molecule has 0 fully saturated rings. The fraction of sp³-hybridized carbons (Fsp3) is 0.211. The van der Waals surface area contributed by atoms with Crippen molar-refractivity contribution in [1.82, 2.24) is 5.32 Å². The van der Waals surface area contributed by atoms with Crippen molar-refractivity contribution in [3.05, 3.63) is 54.1 Å². The van der Waals surface area contributed by atoms with Gasteiger partial charge < -0.3 is 20.1 Å².